The normalized spacial score (nSPS) is 11.2. The third-order valence-electron chi connectivity index (χ3n) is 5.72. The fourth-order valence-electron chi connectivity index (χ4n) is 3.77. The summed E-state index contributed by atoms with van der Waals surface area (Å²) in [6, 6.07) is 19.0. The van der Waals surface area contributed by atoms with E-state index >= 15 is 0 Å². The molecular weight excluding hydrogens is 540 g/mol. The van der Waals surface area contributed by atoms with Gasteiger partial charge in [0.2, 0.25) is 6.10 Å². The molecule has 0 aliphatic heterocycles. The van der Waals surface area contributed by atoms with Crippen molar-refractivity contribution in [2.24, 2.45) is 0 Å². The fraction of sp³-hybridized carbons (Fsp3) is 0.138. The van der Waals surface area contributed by atoms with Gasteiger partial charge in [0.15, 0.2) is 17.3 Å². The highest BCUT2D eigenvalue weighted by atomic mass is 35.5. The molecule has 0 aliphatic carbocycles. The van der Waals surface area contributed by atoms with Crippen LogP contribution in [0.1, 0.15) is 32.6 Å². The van der Waals surface area contributed by atoms with Gasteiger partial charge in [0.25, 0.3) is 11.8 Å². The summed E-state index contributed by atoms with van der Waals surface area (Å²) in [6.45, 7) is 0. The summed E-state index contributed by atoms with van der Waals surface area (Å²) >= 11 is 6.20. The Labute approximate surface area is 234 Å². The van der Waals surface area contributed by atoms with Gasteiger partial charge in [-0.1, -0.05) is 41.9 Å². The van der Waals surface area contributed by atoms with Gasteiger partial charge in [0.1, 0.15) is 5.75 Å². The SMILES string of the molecule is COc1ccc(NC(=O)C(OC(=O)c2cc(OC)c(OC)cc2NC(=O)c2ccco2)c2ccccc2)cc1Cl. The zero-order valence-corrected chi connectivity index (χ0v) is 22.5. The minimum Gasteiger partial charge on any atom is -0.495 e. The van der Waals surface area contributed by atoms with E-state index in [0.717, 1.165) is 0 Å². The number of carbonyl (C=O) groups excluding carboxylic acids is 3. The Morgan fingerprint density at radius 3 is 2.12 bits per heavy atom. The highest BCUT2D eigenvalue weighted by molar-refractivity contribution is 6.32. The Morgan fingerprint density at radius 2 is 1.50 bits per heavy atom. The molecule has 4 rings (SSSR count). The van der Waals surface area contributed by atoms with Crippen LogP contribution in [0.25, 0.3) is 0 Å². The summed E-state index contributed by atoms with van der Waals surface area (Å²) in [5, 5.41) is 5.62. The van der Waals surface area contributed by atoms with Gasteiger partial charge in [0.05, 0.1) is 43.9 Å². The lowest BCUT2D eigenvalue weighted by Gasteiger charge is -2.20. The number of ether oxygens (including phenoxy) is 4. The summed E-state index contributed by atoms with van der Waals surface area (Å²) in [5.74, 6) is -1.24. The largest absolute Gasteiger partial charge is 0.495 e. The van der Waals surface area contributed by atoms with Crippen molar-refractivity contribution in [2.45, 2.75) is 6.10 Å². The lowest BCUT2D eigenvalue weighted by molar-refractivity contribution is -0.125. The van der Waals surface area contributed by atoms with E-state index in [9.17, 15) is 14.4 Å². The zero-order chi connectivity index (χ0) is 28.6. The number of furan rings is 1. The first-order chi connectivity index (χ1) is 19.3. The minimum absolute atomic E-state index is 0.0220. The standard InChI is InChI=1S/C29H25ClN2O8/c1-36-22-12-11-18(14-20(22)30)31-28(34)26(17-8-5-4-6-9-17)40-29(35)19-15-24(37-2)25(38-3)16-21(19)32-27(33)23-10-7-13-39-23/h4-16,26H,1-3H3,(H,31,34)(H,32,33). The van der Waals surface area contributed by atoms with E-state index in [2.05, 4.69) is 10.6 Å². The molecule has 0 saturated heterocycles. The van der Waals surface area contributed by atoms with Crippen LogP contribution >= 0.6 is 11.6 Å². The third-order valence-corrected chi connectivity index (χ3v) is 6.02. The number of rotatable bonds is 10. The zero-order valence-electron chi connectivity index (χ0n) is 21.7. The molecule has 206 valence electrons. The van der Waals surface area contributed by atoms with Crippen molar-refractivity contribution in [1.29, 1.82) is 0 Å². The summed E-state index contributed by atoms with van der Waals surface area (Å²) < 4.78 is 26.7. The van der Waals surface area contributed by atoms with Gasteiger partial charge in [-0.3, -0.25) is 9.59 Å². The molecule has 0 fully saturated rings. The van der Waals surface area contributed by atoms with E-state index in [1.165, 1.54) is 51.9 Å². The van der Waals surface area contributed by atoms with Crippen LogP contribution in [0.5, 0.6) is 17.2 Å². The van der Waals surface area contributed by atoms with Crippen molar-refractivity contribution in [2.75, 3.05) is 32.0 Å². The van der Waals surface area contributed by atoms with Gasteiger partial charge in [-0.2, -0.15) is 0 Å². The van der Waals surface area contributed by atoms with Crippen molar-refractivity contribution >= 4 is 40.8 Å². The maximum absolute atomic E-state index is 13.6. The molecular formula is C29H25ClN2O8. The van der Waals surface area contributed by atoms with Crippen LogP contribution in [0.2, 0.25) is 5.02 Å². The summed E-state index contributed by atoms with van der Waals surface area (Å²) in [5.41, 5.74) is 0.747. The topological polar surface area (TPSA) is 125 Å². The fourth-order valence-corrected chi connectivity index (χ4v) is 4.02. The van der Waals surface area contributed by atoms with E-state index in [4.69, 9.17) is 35.0 Å². The minimum atomic E-state index is -1.36. The van der Waals surface area contributed by atoms with Crippen molar-refractivity contribution in [3.05, 3.63) is 101 Å². The molecule has 2 amide bonds. The van der Waals surface area contributed by atoms with Crippen LogP contribution in [0.15, 0.2) is 83.5 Å². The van der Waals surface area contributed by atoms with Crippen LogP contribution in [0, 0.1) is 0 Å². The van der Waals surface area contributed by atoms with Gasteiger partial charge in [-0.05, 0) is 30.3 Å². The Bertz CT molecular complexity index is 1510. The van der Waals surface area contributed by atoms with Crippen molar-refractivity contribution in [3.8, 4) is 17.2 Å². The second-order valence-electron chi connectivity index (χ2n) is 8.22. The molecule has 1 atom stereocenters. The Morgan fingerprint density at radius 1 is 0.800 bits per heavy atom. The smallest absolute Gasteiger partial charge is 0.341 e. The number of esters is 1. The molecule has 2 N–H and O–H groups in total. The molecule has 1 aromatic heterocycles. The average molecular weight is 565 g/mol. The van der Waals surface area contributed by atoms with Gasteiger partial charge in [0, 0.05) is 23.4 Å². The van der Waals surface area contributed by atoms with Crippen LogP contribution in [0.4, 0.5) is 11.4 Å². The second kappa shape index (κ2) is 12.7. The molecule has 0 bridgehead atoms. The van der Waals surface area contributed by atoms with Crippen LogP contribution < -0.4 is 24.8 Å². The molecule has 0 radical (unpaired) electrons. The maximum Gasteiger partial charge on any atom is 0.341 e. The summed E-state index contributed by atoms with van der Waals surface area (Å²) in [4.78, 5) is 39.7. The third kappa shape index (κ3) is 6.36. The van der Waals surface area contributed by atoms with Gasteiger partial charge in [-0.25, -0.2) is 4.79 Å². The average Bonchev–Trinajstić information content (AvgIpc) is 3.51. The Hall–Kier alpha value is -4.96. The van der Waals surface area contributed by atoms with E-state index in [-0.39, 0.29) is 33.5 Å². The van der Waals surface area contributed by atoms with E-state index in [1.807, 2.05) is 0 Å². The molecule has 0 saturated carbocycles. The molecule has 10 nitrogen and oxygen atoms in total. The number of nitrogens with one attached hydrogen (secondary N) is 2. The highest BCUT2D eigenvalue weighted by Crippen LogP contribution is 2.35. The Balaban J connectivity index is 1.67. The van der Waals surface area contributed by atoms with Crippen molar-refractivity contribution in [1.82, 2.24) is 0 Å². The number of halogens is 1. The van der Waals surface area contributed by atoms with E-state index in [0.29, 0.717) is 17.0 Å². The number of amides is 2. The maximum atomic E-state index is 13.6. The van der Waals surface area contributed by atoms with E-state index in [1.54, 1.807) is 48.5 Å². The number of hydrogen-bond donors (Lipinski definition) is 2. The van der Waals surface area contributed by atoms with Crippen LogP contribution in [-0.2, 0) is 9.53 Å². The van der Waals surface area contributed by atoms with Crippen molar-refractivity contribution in [3.63, 3.8) is 0 Å². The van der Waals surface area contributed by atoms with Gasteiger partial charge in [-0.15, -0.1) is 0 Å². The number of benzene rings is 3. The predicted molar refractivity (Wildman–Crippen MR) is 147 cm³/mol. The van der Waals surface area contributed by atoms with Crippen molar-refractivity contribution < 1.29 is 37.7 Å². The monoisotopic (exact) mass is 564 g/mol. The molecule has 1 heterocycles. The molecule has 40 heavy (non-hydrogen) atoms. The summed E-state index contributed by atoms with van der Waals surface area (Å²) in [7, 11) is 4.28. The molecule has 0 spiro atoms. The van der Waals surface area contributed by atoms with Gasteiger partial charge < -0.3 is 34.0 Å². The lowest BCUT2D eigenvalue weighted by Crippen LogP contribution is -2.26. The second-order valence-corrected chi connectivity index (χ2v) is 8.63. The Kier molecular flexibility index (Phi) is 8.93. The molecule has 0 aliphatic rings. The van der Waals surface area contributed by atoms with Crippen LogP contribution in [0.3, 0.4) is 0 Å². The molecule has 1 unspecified atom stereocenters. The van der Waals surface area contributed by atoms with Gasteiger partial charge >= 0.3 is 5.97 Å². The predicted octanol–water partition coefficient (Wildman–Crippen LogP) is 5.75. The van der Waals surface area contributed by atoms with Crippen LogP contribution in [-0.4, -0.2) is 39.1 Å². The molecule has 11 heteroatoms. The summed E-state index contributed by atoms with van der Waals surface area (Å²) in [6.07, 6.45) is -0.0195. The first-order valence-electron chi connectivity index (χ1n) is 11.9. The highest BCUT2D eigenvalue weighted by Gasteiger charge is 2.29. The first-order valence-corrected chi connectivity index (χ1v) is 12.2. The lowest BCUT2D eigenvalue weighted by atomic mass is 10.1. The quantitative estimate of drug-likeness (QED) is 0.233. The number of hydrogen-bond acceptors (Lipinski definition) is 8. The number of carbonyl (C=O) groups is 3. The van der Waals surface area contributed by atoms with E-state index < -0.39 is 23.9 Å². The molecule has 4 aromatic rings. The first kappa shape index (κ1) is 28.1. The number of anilines is 2. The molecule has 3 aromatic carbocycles. The number of methoxy groups -OCH3 is 3.